The predicted octanol–water partition coefficient (Wildman–Crippen LogP) is 3.42. The monoisotopic (exact) mass is 294 g/mol. The van der Waals surface area contributed by atoms with E-state index < -0.39 is 5.97 Å². The average Bonchev–Trinajstić information content (AvgIpc) is 2.81. The molecule has 1 saturated heterocycles. The van der Waals surface area contributed by atoms with Crippen molar-refractivity contribution in [2.75, 3.05) is 18.0 Å². The maximum absolute atomic E-state index is 11.4. The molecular formula is C15H22N2O2S. The van der Waals surface area contributed by atoms with Crippen molar-refractivity contribution in [1.82, 2.24) is 4.98 Å². The quantitative estimate of drug-likeness (QED) is 0.908. The van der Waals surface area contributed by atoms with Gasteiger partial charge in [0.05, 0.1) is 5.69 Å². The molecular weight excluding hydrogens is 272 g/mol. The number of anilines is 1. The maximum atomic E-state index is 11.4. The van der Waals surface area contributed by atoms with Crippen LogP contribution in [-0.4, -0.2) is 29.1 Å². The first-order valence-electron chi connectivity index (χ1n) is 7.73. The average molecular weight is 294 g/mol. The first-order valence-corrected chi connectivity index (χ1v) is 8.54. The lowest BCUT2D eigenvalue weighted by atomic mass is 9.91. The topological polar surface area (TPSA) is 53.4 Å². The molecule has 1 aromatic rings. The van der Waals surface area contributed by atoms with Crippen LogP contribution in [0.15, 0.2) is 0 Å². The lowest BCUT2D eigenvalue weighted by molar-refractivity contribution is -0.139. The number of carbonyl (C=O) groups is 1. The van der Waals surface area contributed by atoms with E-state index in [-0.39, 0.29) is 5.92 Å². The Balaban J connectivity index is 1.82. The molecule has 1 N–H and O–H groups in total. The van der Waals surface area contributed by atoms with Gasteiger partial charge < -0.3 is 10.0 Å². The molecule has 4 nitrogen and oxygen atoms in total. The number of rotatable bonds is 2. The number of hydrogen-bond acceptors (Lipinski definition) is 4. The third-order valence-electron chi connectivity index (χ3n) is 4.37. The van der Waals surface area contributed by atoms with Gasteiger partial charge in [-0.3, -0.25) is 4.79 Å². The second-order valence-electron chi connectivity index (χ2n) is 5.84. The molecule has 0 bridgehead atoms. The smallest absolute Gasteiger partial charge is 0.312 e. The van der Waals surface area contributed by atoms with Crippen molar-refractivity contribution in [3.63, 3.8) is 0 Å². The summed E-state index contributed by atoms with van der Waals surface area (Å²) < 4.78 is 0. The van der Waals surface area contributed by atoms with Crippen molar-refractivity contribution in [2.24, 2.45) is 0 Å². The minimum absolute atomic E-state index is 0.376. The Labute approximate surface area is 123 Å². The van der Waals surface area contributed by atoms with E-state index in [2.05, 4.69) is 4.90 Å². The fraction of sp³-hybridized carbons (Fsp3) is 0.733. The molecule has 1 aromatic heterocycles. The molecule has 1 atom stereocenters. The van der Waals surface area contributed by atoms with Gasteiger partial charge in [-0.25, -0.2) is 4.98 Å². The summed E-state index contributed by atoms with van der Waals surface area (Å²) in [7, 11) is 0. The first kappa shape index (κ1) is 13.9. The number of carboxylic acid groups (broad SMARTS) is 1. The number of carboxylic acids is 1. The van der Waals surface area contributed by atoms with Crippen molar-refractivity contribution in [3.8, 4) is 0 Å². The highest BCUT2D eigenvalue weighted by molar-refractivity contribution is 7.15. The normalized spacial score (nSPS) is 23.8. The van der Waals surface area contributed by atoms with Crippen molar-refractivity contribution in [1.29, 1.82) is 0 Å². The molecule has 0 spiro atoms. The van der Waals surface area contributed by atoms with E-state index in [0.29, 0.717) is 0 Å². The zero-order valence-electron chi connectivity index (χ0n) is 11.8. The second kappa shape index (κ2) is 6.12. The third kappa shape index (κ3) is 2.82. The molecule has 0 aromatic carbocycles. The fourth-order valence-electron chi connectivity index (χ4n) is 3.22. The number of aryl methyl sites for hydroxylation is 1. The van der Waals surface area contributed by atoms with Crippen LogP contribution in [0.3, 0.4) is 0 Å². The molecule has 3 rings (SSSR count). The largest absolute Gasteiger partial charge is 0.481 e. The standard InChI is InChI=1S/C15H22N2O2S/c18-14(19)11-7-6-8-12-13(11)16-15(20-12)17-9-4-2-1-3-5-10-17/h11H,1-10H2,(H,18,19). The van der Waals surface area contributed by atoms with Crippen LogP contribution in [0.4, 0.5) is 5.13 Å². The first-order chi connectivity index (χ1) is 9.75. The Kier molecular flexibility index (Phi) is 4.24. The molecule has 0 saturated carbocycles. The van der Waals surface area contributed by atoms with Gasteiger partial charge in [-0.05, 0) is 32.1 Å². The summed E-state index contributed by atoms with van der Waals surface area (Å²) in [6.45, 7) is 2.15. The third-order valence-corrected chi connectivity index (χ3v) is 5.56. The molecule has 2 heterocycles. The molecule has 1 unspecified atom stereocenters. The van der Waals surface area contributed by atoms with E-state index >= 15 is 0 Å². The lowest BCUT2D eigenvalue weighted by Crippen LogP contribution is -2.27. The van der Waals surface area contributed by atoms with Gasteiger partial charge in [-0.2, -0.15) is 0 Å². The molecule has 5 heteroatoms. The van der Waals surface area contributed by atoms with Gasteiger partial charge in [-0.15, -0.1) is 11.3 Å². The highest BCUT2D eigenvalue weighted by Crippen LogP contribution is 2.38. The van der Waals surface area contributed by atoms with Crippen LogP contribution in [0.5, 0.6) is 0 Å². The van der Waals surface area contributed by atoms with Crippen molar-refractivity contribution in [3.05, 3.63) is 10.6 Å². The highest BCUT2D eigenvalue weighted by Gasteiger charge is 2.30. The molecule has 20 heavy (non-hydrogen) atoms. The van der Waals surface area contributed by atoms with E-state index in [1.165, 1.54) is 37.0 Å². The van der Waals surface area contributed by atoms with Gasteiger partial charge in [0.15, 0.2) is 5.13 Å². The summed E-state index contributed by atoms with van der Waals surface area (Å²) in [5, 5.41) is 10.4. The molecule has 1 aliphatic heterocycles. The summed E-state index contributed by atoms with van der Waals surface area (Å²) in [6, 6.07) is 0. The van der Waals surface area contributed by atoms with Crippen molar-refractivity contribution < 1.29 is 9.90 Å². The Morgan fingerprint density at radius 2 is 1.85 bits per heavy atom. The van der Waals surface area contributed by atoms with E-state index in [1.807, 2.05) is 0 Å². The van der Waals surface area contributed by atoms with Gasteiger partial charge in [-0.1, -0.05) is 19.3 Å². The van der Waals surface area contributed by atoms with E-state index in [0.717, 1.165) is 43.2 Å². The van der Waals surface area contributed by atoms with Gasteiger partial charge in [0.1, 0.15) is 5.92 Å². The van der Waals surface area contributed by atoms with Crippen LogP contribution in [0.1, 0.15) is 61.4 Å². The zero-order chi connectivity index (χ0) is 13.9. The molecule has 2 aliphatic rings. The minimum atomic E-state index is -0.713. The maximum Gasteiger partial charge on any atom is 0.312 e. The number of aromatic nitrogens is 1. The predicted molar refractivity (Wildman–Crippen MR) is 80.7 cm³/mol. The number of fused-ring (bicyclic) bond motifs is 1. The van der Waals surface area contributed by atoms with Gasteiger partial charge in [0.25, 0.3) is 0 Å². The van der Waals surface area contributed by atoms with Gasteiger partial charge in [0, 0.05) is 18.0 Å². The van der Waals surface area contributed by atoms with Crippen molar-refractivity contribution in [2.45, 2.75) is 57.3 Å². The molecule has 1 fully saturated rings. The van der Waals surface area contributed by atoms with Gasteiger partial charge >= 0.3 is 5.97 Å². The molecule has 0 amide bonds. The summed E-state index contributed by atoms with van der Waals surface area (Å²) in [6.07, 6.45) is 9.14. The Hall–Kier alpha value is -1.10. The van der Waals surface area contributed by atoms with Gasteiger partial charge in [0.2, 0.25) is 0 Å². The SMILES string of the molecule is O=C(O)C1CCCc2sc(N3CCCCCCC3)nc21. The highest BCUT2D eigenvalue weighted by atomic mass is 32.1. The number of thiazole rings is 1. The Morgan fingerprint density at radius 1 is 1.15 bits per heavy atom. The van der Waals surface area contributed by atoms with Crippen LogP contribution in [-0.2, 0) is 11.2 Å². The summed E-state index contributed by atoms with van der Waals surface area (Å²) in [4.78, 5) is 19.7. The summed E-state index contributed by atoms with van der Waals surface area (Å²) in [5.41, 5.74) is 0.853. The lowest BCUT2D eigenvalue weighted by Gasteiger charge is -2.24. The Bertz CT molecular complexity index is 478. The van der Waals surface area contributed by atoms with E-state index in [1.54, 1.807) is 11.3 Å². The fourth-order valence-corrected chi connectivity index (χ4v) is 4.43. The number of aliphatic carboxylic acids is 1. The van der Waals surface area contributed by atoms with Crippen LogP contribution in [0.2, 0.25) is 0 Å². The second-order valence-corrected chi connectivity index (χ2v) is 6.90. The molecule has 1 aliphatic carbocycles. The number of nitrogens with zero attached hydrogens (tertiary/aromatic N) is 2. The minimum Gasteiger partial charge on any atom is -0.481 e. The zero-order valence-corrected chi connectivity index (χ0v) is 12.6. The summed E-state index contributed by atoms with van der Waals surface area (Å²) >= 11 is 1.73. The van der Waals surface area contributed by atoms with E-state index in [4.69, 9.17) is 4.98 Å². The van der Waals surface area contributed by atoms with Crippen LogP contribution in [0, 0.1) is 0 Å². The van der Waals surface area contributed by atoms with Crippen LogP contribution < -0.4 is 4.90 Å². The molecule has 0 radical (unpaired) electrons. The summed E-state index contributed by atoms with van der Waals surface area (Å²) in [5.74, 6) is -1.09. The van der Waals surface area contributed by atoms with Crippen LogP contribution in [0.25, 0.3) is 0 Å². The molecule has 110 valence electrons. The van der Waals surface area contributed by atoms with E-state index in [9.17, 15) is 9.90 Å². The van der Waals surface area contributed by atoms with Crippen molar-refractivity contribution >= 4 is 22.4 Å². The Morgan fingerprint density at radius 3 is 2.55 bits per heavy atom. The number of hydrogen-bond donors (Lipinski definition) is 1. The van der Waals surface area contributed by atoms with Crippen LogP contribution >= 0.6 is 11.3 Å².